The predicted molar refractivity (Wildman–Crippen MR) is 108 cm³/mol. The van der Waals surface area contributed by atoms with E-state index >= 15 is 0 Å². The molecule has 0 bridgehead atoms. The second kappa shape index (κ2) is 8.49. The van der Waals surface area contributed by atoms with E-state index in [1.165, 1.54) is 24.5 Å². The Morgan fingerprint density at radius 3 is 2.70 bits per heavy atom. The summed E-state index contributed by atoms with van der Waals surface area (Å²) in [6, 6.07) is 16.2. The first-order valence-corrected chi connectivity index (χ1v) is 9.14. The summed E-state index contributed by atoms with van der Waals surface area (Å²) in [6.45, 7) is 0. The largest absolute Gasteiger partial charge is 0.495 e. The maximum atomic E-state index is 12.4. The fourth-order valence-electron chi connectivity index (χ4n) is 2.31. The van der Waals surface area contributed by atoms with Crippen LogP contribution < -0.4 is 10.1 Å². The van der Waals surface area contributed by atoms with E-state index in [4.69, 9.17) is 16.3 Å². The molecule has 3 rings (SSSR count). The molecule has 0 saturated heterocycles. The van der Waals surface area contributed by atoms with Crippen LogP contribution in [0, 0.1) is 11.3 Å². The van der Waals surface area contributed by atoms with E-state index < -0.39 is 5.91 Å². The molecule has 1 amide bonds. The first kappa shape index (κ1) is 18.6. The number of aromatic nitrogens is 1. The molecule has 0 unspecified atom stereocenters. The highest BCUT2D eigenvalue weighted by atomic mass is 35.5. The Balaban J connectivity index is 1.81. The number of anilines is 1. The van der Waals surface area contributed by atoms with E-state index in [-0.39, 0.29) is 5.57 Å². The lowest BCUT2D eigenvalue weighted by molar-refractivity contribution is -0.112. The van der Waals surface area contributed by atoms with Crippen LogP contribution in [0.5, 0.6) is 5.75 Å². The minimum absolute atomic E-state index is 0.0473. The third kappa shape index (κ3) is 4.53. The Bertz CT molecular complexity index is 1040. The molecule has 0 aliphatic heterocycles. The normalized spacial score (nSPS) is 10.9. The number of para-hydroxylation sites is 2. The minimum atomic E-state index is -0.525. The van der Waals surface area contributed by atoms with Gasteiger partial charge in [-0.15, -0.1) is 11.3 Å². The van der Waals surface area contributed by atoms with Gasteiger partial charge in [0, 0.05) is 16.0 Å². The Morgan fingerprint density at radius 1 is 1.26 bits per heavy atom. The lowest BCUT2D eigenvalue weighted by Crippen LogP contribution is -2.14. The molecule has 0 atom stereocenters. The summed E-state index contributed by atoms with van der Waals surface area (Å²) >= 11 is 7.32. The highest BCUT2D eigenvalue weighted by Gasteiger charge is 2.13. The van der Waals surface area contributed by atoms with Gasteiger partial charge in [-0.25, -0.2) is 4.98 Å². The molecule has 5 nitrogen and oxygen atoms in total. The SMILES string of the molecule is COc1ccccc1NC(=O)/C(C#N)=C/c1csc(-c2ccc(Cl)cc2)n1. The van der Waals surface area contributed by atoms with Crippen LogP contribution in [0.3, 0.4) is 0 Å². The smallest absolute Gasteiger partial charge is 0.266 e. The van der Waals surface area contributed by atoms with E-state index in [0.717, 1.165) is 10.6 Å². The summed E-state index contributed by atoms with van der Waals surface area (Å²) in [7, 11) is 1.51. The zero-order chi connectivity index (χ0) is 19.2. The molecule has 0 radical (unpaired) electrons. The Labute approximate surface area is 165 Å². The van der Waals surface area contributed by atoms with Gasteiger partial charge in [-0.2, -0.15) is 5.26 Å². The Kier molecular flexibility index (Phi) is 5.87. The number of carbonyl (C=O) groups is 1. The van der Waals surface area contributed by atoms with Gasteiger partial charge in [0.25, 0.3) is 5.91 Å². The average molecular weight is 396 g/mol. The van der Waals surface area contributed by atoms with Crippen LogP contribution in [0.2, 0.25) is 5.02 Å². The second-order valence-electron chi connectivity index (χ2n) is 5.41. The maximum Gasteiger partial charge on any atom is 0.266 e. The van der Waals surface area contributed by atoms with E-state index in [1.807, 2.05) is 18.2 Å². The van der Waals surface area contributed by atoms with Crippen LogP contribution in [-0.4, -0.2) is 18.0 Å². The second-order valence-corrected chi connectivity index (χ2v) is 6.70. The van der Waals surface area contributed by atoms with Gasteiger partial charge in [-0.05, 0) is 30.3 Å². The van der Waals surface area contributed by atoms with Crippen LogP contribution in [0.15, 0.2) is 59.5 Å². The van der Waals surface area contributed by atoms with Crippen molar-refractivity contribution < 1.29 is 9.53 Å². The van der Waals surface area contributed by atoms with Crippen molar-refractivity contribution in [1.29, 1.82) is 5.26 Å². The molecule has 0 spiro atoms. The van der Waals surface area contributed by atoms with Gasteiger partial charge in [-0.1, -0.05) is 35.9 Å². The number of hydrogen-bond donors (Lipinski definition) is 1. The van der Waals surface area contributed by atoms with Crippen LogP contribution in [0.25, 0.3) is 16.6 Å². The summed E-state index contributed by atoms with van der Waals surface area (Å²) in [6.07, 6.45) is 1.46. The van der Waals surface area contributed by atoms with Gasteiger partial charge in [0.2, 0.25) is 0 Å². The number of carbonyl (C=O) groups excluding carboxylic acids is 1. The summed E-state index contributed by atoms with van der Waals surface area (Å²) < 4.78 is 5.20. The van der Waals surface area contributed by atoms with Crippen molar-refractivity contribution in [3.8, 4) is 22.4 Å². The average Bonchev–Trinajstić information content (AvgIpc) is 3.15. The van der Waals surface area contributed by atoms with Crippen LogP contribution in [0.1, 0.15) is 5.69 Å². The van der Waals surface area contributed by atoms with E-state index in [2.05, 4.69) is 10.3 Å². The highest BCUT2D eigenvalue weighted by Crippen LogP contribution is 2.27. The third-order valence-corrected chi connectivity index (χ3v) is 4.79. The summed E-state index contributed by atoms with van der Waals surface area (Å²) in [5.41, 5.74) is 1.90. The van der Waals surface area contributed by atoms with Crippen molar-refractivity contribution in [3.05, 3.63) is 70.2 Å². The first-order valence-electron chi connectivity index (χ1n) is 7.88. The van der Waals surface area contributed by atoms with Gasteiger partial charge in [-0.3, -0.25) is 4.79 Å². The monoisotopic (exact) mass is 395 g/mol. The molecule has 27 heavy (non-hydrogen) atoms. The first-order chi connectivity index (χ1) is 13.1. The fraction of sp³-hybridized carbons (Fsp3) is 0.0500. The van der Waals surface area contributed by atoms with Crippen molar-refractivity contribution in [2.45, 2.75) is 0 Å². The number of nitriles is 1. The van der Waals surface area contributed by atoms with Crippen molar-refractivity contribution >= 4 is 40.6 Å². The molecule has 7 heteroatoms. The zero-order valence-electron chi connectivity index (χ0n) is 14.3. The number of benzene rings is 2. The third-order valence-electron chi connectivity index (χ3n) is 3.63. The molecule has 1 aromatic heterocycles. The lowest BCUT2D eigenvalue weighted by atomic mass is 10.2. The lowest BCUT2D eigenvalue weighted by Gasteiger charge is -2.08. The molecule has 0 aliphatic carbocycles. The van der Waals surface area contributed by atoms with Crippen molar-refractivity contribution in [2.24, 2.45) is 0 Å². The van der Waals surface area contributed by atoms with Gasteiger partial charge >= 0.3 is 0 Å². The predicted octanol–water partition coefficient (Wildman–Crippen LogP) is 5.02. The highest BCUT2D eigenvalue weighted by molar-refractivity contribution is 7.13. The summed E-state index contributed by atoms with van der Waals surface area (Å²) in [5, 5.41) is 15.3. The number of halogens is 1. The molecule has 0 aliphatic rings. The van der Waals surface area contributed by atoms with Gasteiger partial charge < -0.3 is 10.1 Å². The van der Waals surface area contributed by atoms with Crippen molar-refractivity contribution in [3.63, 3.8) is 0 Å². The molecular weight excluding hydrogens is 382 g/mol. The topological polar surface area (TPSA) is 75.0 Å². The molecular formula is C20H14ClN3O2S. The van der Waals surface area contributed by atoms with Crippen molar-refractivity contribution in [1.82, 2.24) is 4.98 Å². The number of nitrogens with one attached hydrogen (secondary N) is 1. The van der Waals surface area contributed by atoms with E-state index in [1.54, 1.807) is 41.8 Å². The number of thiazole rings is 1. The molecule has 3 aromatic rings. The number of methoxy groups -OCH3 is 1. The molecule has 0 fully saturated rings. The maximum absolute atomic E-state index is 12.4. The Morgan fingerprint density at radius 2 is 2.00 bits per heavy atom. The fourth-order valence-corrected chi connectivity index (χ4v) is 3.22. The van der Waals surface area contributed by atoms with Crippen LogP contribution >= 0.6 is 22.9 Å². The zero-order valence-corrected chi connectivity index (χ0v) is 15.8. The molecule has 0 saturated carbocycles. The summed E-state index contributed by atoms with van der Waals surface area (Å²) in [4.78, 5) is 16.9. The molecule has 1 N–H and O–H groups in total. The van der Waals surface area contributed by atoms with Gasteiger partial charge in [0.15, 0.2) is 0 Å². The standard InChI is InChI=1S/C20H14ClN3O2S/c1-26-18-5-3-2-4-17(18)24-19(25)14(11-22)10-16-12-27-20(23-16)13-6-8-15(21)9-7-13/h2-10,12H,1H3,(H,24,25)/b14-10+. The molecule has 1 heterocycles. The Hall–Kier alpha value is -3.14. The van der Waals surface area contributed by atoms with E-state index in [9.17, 15) is 10.1 Å². The number of amides is 1. The minimum Gasteiger partial charge on any atom is -0.495 e. The van der Waals surface area contributed by atoms with Gasteiger partial charge in [0.1, 0.15) is 22.4 Å². The number of ether oxygens (including phenoxy) is 1. The van der Waals surface area contributed by atoms with Gasteiger partial charge in [0.05, 0.1) is 18.5 Å². The number of nitrogens with zero attached hydrogens (tertiary/aromatic N) is 2. The van der Waals surface area contributed by atoms with Crippen LogP contribution in [-0.2, 0) is 4.79 Å². The van der Waals surface area contributed by atoms with Crippen molar-refractivity contribution in [2.75, 3.05) is 12.4 Å². The molecule has 2 aromatic carbocycles. The van der Waals surface area contributed by atoms with E-state index in [0.29, 0.717) is 22.2 Å². The molecule has 134 valence electrons. The number of hydrogen-bond acceptors (Lipinski definition) is 5. The van der Waals surface area contributed by atoms with Crippen LogP contribution in [0.4, 0.5) is 5.69 Å². The number of rotatable bonds is 5. The quantitative estimate of drug-likeness (QED) is 0.486. The summed E-state index contributed by atoms with van der Waals surface area (Å²) in [5.74, 6) is -0.00938.